The number of rotatable bonds is 1. The van der Waals surface area contributed by atoms with E-state index in [0.717, 1.165) is 5.02 Å². The first kappa shape index (κ1) is 8.89. The molecule has 2 heteroatoms. The maximum absolute atomic E-state index is 6.15. The minimum Gasteiger partial charge on any atom is -0.398 e. The predicted molar refractivity (Wildman–Crippen MR) is 57.1 cm³/mol. The third-order valence-corrected chi connectivity index (χ3v) is 3.29. The first-order chi connectivity index (χ1) is 6.29. The molecule has 0 radical (unpaired) electrons. The van der Waals surface area contributed by atoms with Gasteiger partial charge in [-0.3, -0.25) is 0 Å². The Bertz CT molecular complexity index is 303. The number of hydrogen-bond acceptors (Lipinski definition) is 1. The van der Waals surface area contributed by atoms with Crippen LogP contribution in [-0.4, -0.2) is 0 Å². The van der Waals surface area contributed by atoms with E-state index in [1.54, 1.807) is 0 Å². The molecule has 2 rings (SSSR count). The molecule has 0 spiro atoms. The summed E-state index contributed by atoms with van der Waals surface area (Å²) in [5.74, 6) is 0.649. The van der Waals surface area contributed by atoms with Crippen LogP contribution in [0.4, 0.5) is 5.69 Å². The highest BCUT2D eigenvalue weighted by atomic mass is 35.5. The predicted octanol–water partition coefficient (Wildman–Crippen LogP) is 3.58. The van der Waals surface area contributed by atoms with Crippen molar-refractivity contribution in [2.75, 3.05) is 5.73 Å². The van der Waals surface area contributed by atoms with Crippen molar-refractivity contribution in [3.63, 3.8) is 0 Å². The van der Waals surface area contributed by atoms with Crippen LogP contribution in [0, 0.1) is 0 Å². The molecule has 0 unspecified atom stereocenters. The summed E-state index contributed by atoms with van der Waals surface area (Å²) >= 11 is 6.15. The molecule has 1 aliphatic carbocycles. The molecule has 1 aromatic carbocycles. The van der Waals surface area contributed by atoms with Crippen molar-refractivity contribution in [2.45, 2.75) is 31.6 Å². The zero-order valence-electron chi connectivity index (χ0n) is 7.59. The van der Waals surface area contributed by atoms with E-state index in [4.69, 9.17) is 17.3 Å². The highest BCUT2D eigenvalue weighted by molar-refractivity contribution is 6.33. The van der Waals surface area contributed by atoms with Gasteiger partial charge in [0, 0.05) is 0 Å². The molecule has 0 saturated heterocycles. The molecular formula is C11H14ClN. The van der Waals surface area contributed by atoms with E-state index in [9.17, 15) is 0 Å². The summed E-state index contributed by atoms with van der Waals surface area (Å²) < 4.78 is 0. The summed E-state index contributed by atoms with van der Waals surface area (Å²) in [7, 11) is 0. The largest absolute Gasteiger partial charge is 0.398 e. The highest BCUT2D eigenvalue weighted by Gasteiger charge is 2.19. The number of halogens is 1. The quantitative estimate of drug-likeness (QED) is 0.682. The van der Waals surface area contributed by atoms with Gasteiger partial charge in [-0.15, -0.1) is 0 Å². The van der Waals surface area contributed by atoms with Gasteiger partial charge in [0.15, 0.2) is 0 Å². The molecule has 0 amide bonds. The molecule has 2 N–H and O–H groups in total. The van der Waals surface area contributed by atoms with Crippen LogP contribution in [0.1, 0.15) is 37.2 Å². The maximum atomic E-state index is 6.15. The number of nitrogens with two attached hydrogens (primary N) is 1. The average Bonchev–Trinajstić information content (AvgIpc) is 2.62. The molecular weight excluding hydrogens is 182 g/mol. The van der Waals surface area contributed by atoms with Crippen molar-refractivity contribution in [2.24, 2.45) is 0 Å². The topological polar surface area (TPSA) is 26.0 Å². The van der Waals surface area contributed by atoms with Gasteiger partial charge in [-0.1, -0.05) is 36.6 Å². The third kappa shape index (κ3) is 1.66. The fraction of sp³-hybridized carbons (Fsp3) is 0.455. The van der Waals surface area contributed by atoms with Crippen molar-refractivity contribution < 1.29 is 0 Å². The second kappa shape index (κ2) is 3.59. The van der Waals surface area contributed by atoms with Crippen LogP contribution >= 0.6 is 11.6 Å². The van der Waals surface area contributed by atoms with Crippen LogP contribution in [0.25, 0.3) is 0 Å². The Morgan fingerprint density at radius 1 is 1.23 bits per heavy atom. The summed E-state index contributed by atoms with van der Waals surface area (Å²) in [6.07, 6.45) is 5.19. The van der Waals surface area contributed by atoms with Crippen LogP contribution in [0.3, 0.4) is 0 Å². The lowest BCUT2D eigenvalue weighted by Gasteiger charge is -2.12. The van der Waals surface area contributed by atoms with Crippen LogP contribution < -0.4 is 5.73 Å². The van der Waals surface area contributed by atoms with Gasteiger partial charge in [0.05, 0.1) is 10.7 Å². The Morgan fingerprint density at radius 3 is 2.62 bits per heavy atom. The summed E-state index contributed by atoms with van der Waals surface area (Å²) in [6, 6.07) is 5.96. The van der Waals surface area contributed by atoms with E-state index in [2.05, 4.69) is 6.07 Å². The molecule has 0 atom stereocenters. The van der Waals surface area contributed by atoms with E-state index < -0.39 is 0 Å². The van der Waals surface area contributed by atoms with Gasteiger partial charge < -0.3 is 5.73 Å². The highest BCUT2D eigenvalue weighted by Crippen LogP contribution is 2.39. The second-order valence-corrected chi connectivity index (χ2v) is 4.11. The zero-order chi connectivity index (χ0) is 9.26. The average molecular weight is 196 g/mol. The van der Waals surface area contributed by atoms with Crippen LogP contribution in [0.2, 0.25) is 5.02 Å². The van der Waals surface area contributed by atoms with Crippen LogP contribution in [-0.2, 0) is 0 Å². The Balaban J connectivity index is 2.33. The minimum absolute atomic E-state index is 0.649. The first-order valence-electron chi connectivity index (χ1n) is 4.83. The zero-order valence-corrected chi connectivity index (χ0v) is 8.35. The van der Waals surface area contributed by atoms with E-state index in [1.807, 2.05) is 12.1 Å². The SMILES string of the molecule is Nc1cccc(C2CCCC2)c1Cl. The Morgan fingerprint density at radius 2 is 1.92 bits per heavy atom. The van der Waals surface area contributed by atoms with Crippen LogP contribution in [0.5, 0.6) is 0 Å². The molecule has 0 heterocycles. The fourth-order valence-corrected chi connectivity index (χ4v) is 2.40. The number of hydrogen-bond donors (Lipinski definition) is 1. The first-order valence-corrected chi connectivity index (χ1v) is 5.20. The standard InChI is InChI=1S/C11H14ClN/c12-11-9(6-3-7-10(11)13)8-4-1-2-5-8/h3,6-8H,1-2,4-5,13H2. The van der Waals surface area contributed by atoms with Gasteiger partial charge in [-0.25, -0.2) is 0 Å². The minimum atomic E-state index is 0.649. The molecule has 1 nitrogen and oxygen atoms in total. The van der Waals surface area contributed by atoms with E-state index in [1.165, 1.54) is 31.2 Å². The lowest BCUT2D eigenvalue weighted by atomic mass is 9.97. The van der Waals surface area contributed by atoms with Crippen molar-refractivity contribution in [1.29, 1.82) is 0 Å². The molecule has 70 valence electrons. The monoisotopic (exact) mass is 195 g/mol. The van der Waals surface area contributed by atoms with Gasteiger partial charge in [-0.05, 0) is 30.4 Å². The fourth-order valence-electron chi connectivity index (χ4n) is 2.12. The van der Waals surface area contributed by atoms with Crippen LogP contribution in [0.15, 0.2) is 18.2 Å². The van der Waals surface area contributed by atoms with Gasteiger partial charge in [0.2, 0.25) is 0 Å². The molecule has 0 aliphatic heterocycles. The third-order valence-electron chi connectivity index (χ3n) is 2.85. The molecule has 1 aromatic rings. The van der Waals surface area contributed by atoms with Gasteiger partial charge in [-0.2, -0.15) is 0 Å². The van der Waals surface area contributed by atoms with Crippen molar-refractivity contribution >= 4 is 17.3 Å². The van der Waals surface area contributed by atoms with Crippen molar-refractivity contribution in [1.82, 2.24) is 0 Å². The number of benzene rings is 1. The smallest absolute Gasteiger partial charge is 0.0670 e. The molecule has 1 fully saturated rings. The van der Waals surface area contributed by atoms with Gasteiger partial charge >= 0.3 is 0 Å². The van der Waals surface area contributed by atoms with Gasteiger partial charge in [0.1, 0.15) is 0 Å². The summed E-state index contributed by atoms with van der Waals surface area (Å²) in [4.78, 5) is 0. The molecule has 0 aromatic heterocycles. The molecule has 0 bridgehead atoms. The van der Waals surface area contributed by atoms with E-state index in [0.29, 0.717) is 11.6 Å². The lowest BCUT2D eigenvalue weighted by molar-refractivity contribution is 0.724. The number of anilines is 1. The molecule has 13 heavy (non-hydrogen) atoms. The van der Waals surface area contributed by atoms with E-state index in [-0.39, 0.29) is 0 Å². The van der Waals surface area contributed by atoms with Crippen molar-refractivity contribution in [3.05, 3.63) is 28.8 Å². The number of nitrogen functional groups attached to an aromatic ring is 1. The lowest BCUT2D eigenvalue weighted by Crippen LogP contribution is -1.96. The Hall–Kier alpha value is -0.690. The summed E-state index contributed by atoms with van der Waals surface area (Å²) in [5.41, 5.74) is 7.72. The molecule has 1 aliphatic rings. The van der Waals surface area contributed by atoms with E-state index >= 15 is 0 Å². The Labute approximate surface area is 83.9 Å². The van der Waals surface area contributed by atoms with Gasteiger partial charge in [0.25, 0.3) is 0 Å². The Kier molecular flexibility index (Phi) is 2.45. The maximum Gasteiger partial charge on any atom is 0.0670 e. The molecule has 1 saturated carbocycles. The second-order valence-electron chi connectivity index (χ2n) is 3.73. The summed E-state index contributed by atoms with van der Waals surface area (Å²) in [5, 5.41) is 0.773. The normalized spacial score (nSPS) is 17.9. The van der Waals surface area contributed by atoms with Crippen molar-refractivity contribution in [3.8, 4) is 0 Å². The summed E-state index contributed by atoms with van der Waals surface area (Å²) in [6.45, 7) is 0.